The average molecular weight is 387 g/mol. The van der Waals surface area contributed by atoms with Gasteiger partial charge in [-0.25, -0.2) is 8.78 Å². The SMILES string of the molecule is CCN(CC)c1ccc(NC(=O)C2CC(=O)N(c3ccc(F)cc3F)C2)cc1. The molecule has 2 amide bonds. The zero-order chi connectivity index (χ0) is 20.3. The van der Waals surface area contributed by atoms with Gasteiger partial charge in [-0.05, 0) is 50.2 Å². The predicted octanol–water partition coefficient (Wildman–Crippen LogP) is 3.80. The number of benzene rings is 2. The molecule has 0 saturated carbocycles. The van der Waals surface area contributed by atoms with Crippen molar-refractivity contribution in [2.24, 2.45) is 5.92 Å². The minimum atomic E-state index is -0.818. The van der Waals surface area contributed by atoms with Crippen LogP contribution in [0, 0.1) is 17.6 Å². The van der Waals surface area contributed by atoms with Gasteiger partial charge in [-0.15, -0.1) is 0 Å². The van der Waals surface area contributed by atoms with E-state index in [1.807, 2.05) is 24.3 Å². The Kier molecular flexibility index (Phi) is 5.92. The highest BCUT2D eigenvalue weighted by molar-refractivity contribution is 6.03. The van der Waals surface area contributed by atoms with Gasteiger partial charge in [0.1, 0.15) is 11.6 Å². The maximum Gasteiger partial charge on any atom is 0.229 e. The van der Waals surface area contributed by atoms with Crippen molar-refractivity contribution in [2.75, 3.05) is 34.8 Å². The van der Waals surface area contributed by atoms with E-state index in [9.17, 15) is 18.4 Å². The fraction of sp³-hybridized carbons (Fsp3) is 0.333. The van der Waals surface area contributed by atoms with Crippen molar-refractivity contribution in [3.05, 3.63) is 54.1 Å². The van der Waals surface area contributed by atoms with Crippen LogP contribution in [0.2, 0.25) is 0 Å². The second-order valence-electron chi connectivity index (χ2n) is 6.71. The summed E-state index contributed by atoms with van der Waals surface area (Å²) in [5.41, 5.74) is 1.70. The summed E-state index contributed by atoms with van der Waals surface area (Å²) in [5, 5.41) is 2.81. The Hall–Kier alpha value is -2.96. The summed E-state index contributed by atoms with van der Waals surface area (Å²) in [5.74, 6) is -2.78. The molecule has 2 aromatic carbocycles. The third kappa shape index (κ3) is 4.13. The summed E-state index contributed by atoms with van der Waals surface area (Å²) in [6, 6.07) is 10.5. The van der Waals surface area contributed by atoms with Gasteiger partial charge in [0.05, 0.1) is 11.6 Å². The van der Waals surface area contributed by atoms with E-state index in [0.29, 0.717) is 5.69 Å². The van der Waals surface area contributed by atoms with E-state index in [1.165, 1.54) is 11.0 Å². The van der Waals surface area contributed by atoms with Crippen molar-refractivity contribution < 1.29 is 18.4 Å². The topological polar surface area (TPSA) is 52.7 Å². The van der Waals surface area contributed by atoms with Crippen LogP contribution in [-0.2, 0) is 9.59 Å². The third-order valence-electron chi connectivity index (χ3n) is 4.96. The molecule has 1 heterocycles. The largest absolute Gasteiger partial charge is 0.372 e. The molecule has 0 spiro atoms. The lowest BCUT2D eigenvalue weighted by Crippen LogP contribution is -2.28. The molecule has 3 rings (SSSR count). The van der Waals surface area contributed by atoms with Crippen LogP contribution in [0.1, 0.15) is 20.3 Å². The second kappa shape index (κ2) is 8.37. The van der Waals surface area contributed by atoms with Gasteiger partial charge in [-0.2, -0.15) is 0 Å². The van der Waals surface area contributed by atoms with E-state index in [2.05, 4.69) is 24.1 Å². The molecule has 1 saturated heterocycles. The van der Waals surface area contributed by atoms with Crippen LogP contribution in [0.15, 0.2) is 42.5 Å². The number of hydrogen-bond acceptors (Lipinski definition) is 3. The molecule has 0 aromatic heterocycles. The molecule has 1 aliphatic heterocycles. The number of carbonyl (C=O) groups is 2. The second-order valence-corrected chi connectivity index (χ2v) is 6.71. The minimum Gasteiger partial charge on any atom is -0.372 e. The van der Waals surface area contributed by atoms with Gasteiger partial charge in [0, 0.05) is 43.5 Å². The molecule has 0 aliphatic carbocycles. The summed E-state index contributed by atoms with van der Waals surface area (Å²) in [7, 11) is 0. The number of anilines is 3. The molecular weight excluding hydrogens is 364 g/mol. The first kappa shape index (κ1) is 19.8. The van der Waals surface area contributed by atoms with Gasteiger partial charge in [-0.1, -0.05) is 0 Å². The van der Waals surface area contributed by atoms with E-state index in [-0.39, 0.29) is 30.5 Å². The molecule has 2 aromatic rings. The smallest absolute Gasteiger partial charge is 0.229 e. The minimum absolute atomic E-state index is 0.00900. The maximum atomic E-state index is 14.0. The van der Waals surface area contributed by atoms with Gasteiger partial charge in [-0.3, -0.25) is 9.59 Å². The predicted molar refractivity (Wildman–Crippen MR) is 105 cm³/mol. The lowest BCUT2D eigenvalue weighted by Gasteiger charge is -2.21. The number of halogens is 2. The first-order chi connectivity index (χ1) is 13.4. The molecule has 28 heavy (non-hydrogen) atoms. The third-order valence-corrected chi connectivity index (χ3v) is 4.96. The van der Waals surface area contributed by atoms with E-state index in [1.54, 1.807) is 0 Å². The normalized spacial score (nSPS) is 16.4. The van der Waals surface area contributed by atoms with Crippen LogP contribution < -0.4 is 15.1 Å². The summed E-state index contributed by atoms with van der Waals surface area (Å²) >= 11 is 0. The van der Waals surface area contributed by atoms with Crippen molar-refractivity contribution >= 4 is 28.9 Å². The van der Waals surface area contributed by atoms with E-state index in [0.717, 1.165) is 30.9 Å². The Morgan fingerprint density at radius 3 is 2.43 bits per heavy atom. The molecule has 148 valence electrons. The van der Waals surface area contributed by atoms with Crippen molar-refractivity contribution in [2.45, 2.75) is 20.3 Å². The fourth-order valence-corrected chi connectivity index (χ4v) is 3.40. The molecular formula is C21H23F2N3O2. The molecule has 1 unspecified atom stereocenters. The zero-order valence-corrected chi connectivity index (χ0v) is 15.9. The molecule has 0 bridgehead atoms. The first-order valence-corrected chi connectivity index (χ1v) is 9.34. The van der Waals surface area contributed by atoms with E-state index < -0.39 is 17.6 Å². The summed E-state index contributed by atoms with van der Waals surface area (Å²) in [6.45, 7) is 5.99. The van der Waals surface area contributed by atoms with Gasteiger partial charge < -0.3 is 15.1 Å². The zero-order valence-electron chi connectivity index (χ0n) is 15.9. The van der Waals surface area contributed by atoms with Crippen LogP contribution in [-0.4, -0.2) is 31.4 Å². The Morgan fingerprint density at radius 1 is 1.14 bits per heavy atom. The van der Waals surface area contributed by atoms with Gasteiger partial charge in [0.25, 0.3) is 0 Å². The molecule has 5 nitrogen and oxygen atoms in total. The number of nitrogens with zero attached hydrogens (tertiary/aromatic N) is 2. The number of nitrogens with one attached hydrogen (secondary N) is 1. The Bertz CT molecular complexity index is 866. The molecule has 1 N–H and O–H groups in total. The van der Waals surface area contributed by atoms with Gasteiger partial charge in [0.15, 0.2) is 0 Å². The maximum absolute atomic E-state index is 14.0. The lowest BCUT2D eigenvalue weighted by molar-refractivity contribution is -0.122. The Balaban J connectivity index is 1.66. The van der Waals surface area contributed by atoms with Gasteiger partial charge >= 0.3 is 0 Å². The number of rotatable bonds is 6. The van der Waals surface area contributed by atoms with Crippen molar-refractivity contribution in [1.29, 1.82) is 0 Å². The van der Waals surface area contributed by atoms with E-state index >= 15 is 0 Å². The summed E-state index contributed by atoms with van der Waals surface area (Å²) in [6.07, 6.45) is -0.0137. The monoisotopic (exact) mass is 387 g/mol. The number of carbonyl (C=O) groups excluding carboxylic acids is 2. The lowest BCUT2D eigenvalue weighted by atomic mass is 10.1. The van der Waals surface area contributed by atoms with Crippen molar-refractivity contribution in [1.82, 2.24) is 0 Å². The highest BCUT2D eigenvalue weighted by Crippen LogP contribution is 2.29. The van der Waals surface area contributed by atoms with Crippen LogP contribution in [0.25, 0.3) is 0 Å². The first-order valence-electron chi connectivity index (χ1n) is 9.34. The van der Waals surface area contributed by atoms with Crippen molar-refractivity contribution in [3.8, 4) is 0 Å². The molecule has 1 fully saturated rings. The average Bonchev–Trinajstić information content (AvgIpc) is 3.06. The van der Waals surface area contributed by atoms with E-state index in [4.69, 9.17) is 0 Å². The molecule has 7 heteroatoms. The quantitative estimate of drug-likeness (QED) is 0.820. The van der Waals surface area contributed by atoms with Gasteiger partial charge in [0.2, 0.25) is 11.8 Å². The number of amides is 2. The summed E-state index contributed by atoms with van der Waals surface area (Å²) in [4.78, 5) is 28.2. The Morgan fingerprint density at radius 2 is 1.82 bits per heavy atom. The Labute approximate surface area is 162 Å². The number of hydrogen-bond donors (Lipinski definition) is 1. The molecule has 1 atom stereocenters. The summed E-state index contributed by atoms with van der Waals surface area (Å²) < 4.78 is 27.1. The van der Waals surface area contributed by atoms with Crippen molar-refractivity contribution in [3.63, 3.8) is 0 Å². The standard InChI is InChI=1S/C21H23F2N3O2/c1-3-25(4-2)17-8-6-16(7-9-17)24-21(28)14-11-20(27)26(13-14)19-10-5-15(22)12-18(19)23/h5-10,12,14H,3-4,11,13H2,1-2H3,(H,24,28). The highest BCUT2D eigenvalue weighted by Gasteiger charge is 2.36. The van der Waals surface area contributed by atoms with Crippen LogP contribution in [0.3, 0.4) is 0 Å². The highest BCUT2D eigenvalue weighted by atomic mass is 19.1. The fourth-order valence-electron chi connectivity index (χ4n) is 3.40. The molecule has 1 aliphatic rings. The van der Waals surface area contributed by atoms with Crippen LogP contribution in [0.5, 0.6) is 0 Å². The molecule has 0 radical (unpaired) electrons. The van der Waals surface area contributed by atoms with Crippen LogP contribution in [0.4, 0.5) is 25.8 Å². The van der Waals surface area contributed by atoms with Crippen LogP contribution >= 0.6 is 0 Å².